The van der Waals surface area contributed by atoms with Crippen LogP contribution in [0.1, 0.15) is 17.7 Å². The second-order valence-corrected chi connectivity index (χ2v) is 3.45. The molecule has 6 heteroatoms. The number of aryl methyl sites for hydroxylation is 1. The average Bonchev–Trinajstić information content (AvgIpc) is 2.51. The van der Waals surface area contributed by atoms with Crippen LogP contribution < -0.4 is 0 Å². The van der Waals surface area contributed by atoms with Gasteiger partial charge in [-0.05, 0) is 13.0 Å². The maximum atomic E-state index is 12.7. The van der Waals surface area contributed by atoms with Gasteiger partial charge in [-0.25, -0.2) is 8.78 Å². The normalized spacial score (nSPS) is 11.2. The molecule has 0 aliphatic rings. The van der Waals surface area contributed by atoms with E-state index in [2.05, 4.69) is 4.98 Å². The number of rotatable bonds is 2. The van der Waals surface area contributed by atoms with Gasteiger partial charge >= 0.3 is 0 Å². The van der Waals surface area contributed by atoms with Crippen molar-refractivity contribution in [3.8, 4) is 0 Å². The van der Waals surface area contributed by atoms with Gasteiger partial charge in [0.05, 0.1) is 4.92 Å². The van der Waals surface area contributed by atoms with Crippen molar-refractivity contribution in [2.75, 3.05) is 0 Å². The Morgan fingerprint density at radius 2 is 2.12 bits per heavy atom. The summed E-state index contributed by atoms with van der Waals surface area (Å²) >= 11 is 0. The molecule has 1 heterocycles. The van der Waals surface area contributed by atoms with Crippen LogP contribution in [0.15, 0.2) is 18.2 Å². The van der Waals surface area contributed by atoms with E-state index in [0.717, 1.165) is 0 Å². The Hall–Kier alpha value is -1.98. The molecule has 84 valence electrons. The highest BCUT2D eigenvalue weighted by atomic mass is 19.3. The molecule has 0 saturated heterocycles. The molecule has 1 N–H and O–H groups in total. The minimum atomic E-state index is -2.64. The molecule has 1 aromatic heterocycles. The van der Waals surface area contributed by atoms with E-state index in [4.69, 9.17) is 0 Å². The van der Waals surface area contributed by atoms with Gasteiger partial charge in [0.2, 0.25) is 0 Å². The van der Waals surface area contributed by atoms with Crippen LogP contribution in [0.3, 0.4) is 0 Å². The zero-order valence-electron chi connectivity index (χ0n) is 8.33. The largest absolute Gasteiger partial charge is 0.358 e. The van der Waals surface area contributed by atoms with Crippen LogP contribution in [-0.4, -0.2) is 9.91 Å². The van der Waals surface area contributed by atoms with E-state index in [9.17, 15) is 18.9 Å². The fourth-order valence-electron chi connectivity index (χ4n) is 1.73. The Kier molecular flexibility index (Phi) is 2.34. The van der Waals surface area contributed by atoms with Crippen molar-refractivity contribution in [3.63, 3.8) is 0 Å². The number of hydrogen-bond acceptors (Lipinski definition) is 2. The number of aromatic nitrogens is 1. The van der Waals surface area contributed by atoms with Gasteiger partial charge in [-0.2, -0.15) is 0 Å². The molecule has 4 nitrogen and oxygen atoms in total. The van der Waals surface area contributed by atoms with Crippen LogP contribution in [0.4, 0.5) is 14.5 Å². The van der Waals surface area contributed by atoms with Crippen molar-refractivity contribution in [1.29, 1.82) is 0 Å². The number of aromatic amines is 1. The van der Waals surface area contributed by atoms with Crippen LogP contribution in [0.5, 0.6) is 0 Å². The molecule has 0 aliphatic heterocycles. The number of nitrogens with one attached hydrogen (secondary N) is 1. The second kappa shape index (κ2) is 3.55. The first-order chi connectivity index (χ1) is 7.50. The molecule has 0 aliphatic carbocycles. The number of nitro benzene ring substituents is 1. The van der Waals surface area contributed by atoms with E-state index < -0.39 is 11.3 Å². The lowest BCUT2D eigenvalue weighted by atomic mass is 10.1. The van der Waals surface area contributed by atoms with Crippen molar-refractivity contribution in [2.24, 2.45) is 0 Å². The lowest BCUT2D eigenvalue weighted by Crippen LogP contribution is -1.88. The first kappa shape index (κ1) is 10.5. The van der Waals surface area contributed by atoms with Gasteiger partial charge in [-0.15, -0.1) is 0 Å². The third kappa shape index (κ3) is 1.52. The molecular formula is C10H8F2N2O2. The van der Waals surface area contributed by atoms with Crippen LogP contribution in [-0.2, 0) is 0 Å². The number of nitro groups is 1. The van der Waals surface area contributed by atoms with Gasteiger partial charge < -0.3 is 4.98 Å². The molecule has 0 amide bonds. The zero-order valence-corrected chi connectivity index (χ0v) is 8.33. The third-order valence-electron chi connectivity index (χ3n) is 2.45. The summed E-state index contributed by atoms with van der Waals surface area (Å²) < 4.78 is 25.5. The van der Waals surface area contributed by atoms with Crippen molar-refractivity contribution in [3.05, 3.63) is 39.6 Å². The maximum Gasteiger partial charge on any atom is 0.270 e. The van der Waals surface area contributed by atoms with Gasteiger partial charge in [0.25, 0.3) is 12.1 Å². The first-order valence-electron chi connectivity index (χ1n) is 4.55. The predicted molar refractivity (Wildman–Crippen MR) is 54.6 cm³/mol. The van der Waals surface area contributed by atoms with E-state index in [1.807, 2.05) is 0 Å². The zero-order chi connectivity index (χ0) is 11.9. The number of alkyl halides is 2. The Morgan fingerprint density at radius 3 is 2.69 bits per heavy atom. The number of non-ortho nitro benzene ring substituents is 1. The van der Waals surface area contributed by atoms with E-state index in [1.54, 1.807) is 0 Å². The Bertz CT molecular complexity index is 563. The Balaban J connectivity index is 2.74. The number of H-pyrrole nitrogens is 1. The van der Waals surface area contributed by atoms with Crippen molar-refractivity contribution >= 4 is 16.6 Å². The smallest absolute Gasteiger partial charge is 0.270 e. The summed E-state index contributed by atoms with van der Waals surface area (Å²) in [6.07, 6.45) is -2.64. The lowest BCUT2D eigenvalue weighted by Gasteiger charge is -1.98. The van der Waals surface area contributed by atoms with Gasteiger partial charge in [0.15, 0.2) is 0 Å². The molecule has 0 bridgehead atoms. The molecule has 2 aromatic rings. The Morgan fingerprint density at radius 1 is 1.44 bits per heavy atom. The van der Waals surface area contributed by atoms with Gasteiger partial charge in [-0.3, -0.25) is 10.1 Å². The summed E-state index contributed by atoms with van der Waals surface area (Å²) in [6, 6.07) is 3.89. The lowest BCUT2D eigenvalue weighted by molar-refractivity contribution is -0.384. The van der Waals surface area contributed by atoms with Gasteiger partial charge in [0.1, 0.15) is 0 Å². The fourth-order valence-corrected chi connectivity index (χ4v) is 1.73. The van der Waals surface area contributed by atoms with Gasteiger partial charge in [0, 0.05) is 34.3 Å². The molecule has 0 spiro atoms. The summed E-state index contributed by atoms with van der Waals surface area (Å²) in [5.41, 5.74) is 0.469. The van der Waals surface area contributed by atoms with Gasteiger partial charge in [-0.1, -0.05) is 0 Å². The SMILES string of the molecule is Cc1[nH]c2ccc([N+](=O)[O-])cc2c1C(F)F. The number of fused-ring (bicyclic) bond motifs is 1. The van der Waals surface area contributed by atoms with E-state index in [-0.39, 0.29) is 16.6 Å². The molecular weight excluding hydrogens is 218 g/mol. The highest BCUT2D eigenvalue weighted by Crippen LogP contribution is 2.32. The van der Waals surface area contributed by atoms with Crippen LogP contribution in [0, 0.1) is 17.0 Å². The number of halogens is 2. The van der Waals surface area contributed by atoms with Crippen molar-refractivity contribution < 1.29 is 13.7 Å². The molecule has 16 heavy (non-hydrogen) atoms. The summed E-state index contributed by atoms with van der Waals surface area (Å²) in [4.78, 5) is 12.7. The summed E-state index contributed by atoms with van der Waals surface area (Å²) in [5.74, 6) is 0. The van der Waals surface area contributed by atoms with E-state index >= 15 is 0 Å². The van der Waals surface area contributed by atoms with E-state index in [0.29, 0.717) is 11.2 Å². The minimum absolute atomic E-state index is 0.168. The molecule has 1 aromatic carbocycles. The molecule has 0 fully saturated rings. The minimum Gasteiger partial charge on any atom is -0.358 e. The number of benzene rings is 1. The summed E-state index contributed by atoms with van der Waals surface area (Å²) in [6.45, 7) is 1.52. The highest BCUT2D eigenvalue weighted by Gasteiger charge is 2.19. The molecule has 0 radical (unpaired) electrons. The first-order valence-corrected chi connectivity index (χ1v) is 4.55. The maximum absolute atomic E-state index is 12.7. The Labute approximate surface area is 89.0 Å². The molecule has 0 unspecified atom stereocenters. The topological polar surface area (TPSA) is 58.9 Å². The van der Waals surface area contributed by atoms with Crippen LogP contribution in [0.25, 0.3) is 10.9 Å². The average molecular weight is 226 g/mol. The van der Waals surface area contributed by atoms with Crippen LogP contribution >= 0.6 is 0 Å². The molecule has 2 rings (SSSR count). The number of hydrogen-bond donors (Lipinski definition) is 1. The van der Waals surface area contributed by atoms with Crippen LogP contribution in [0.2, 0.25) is 0 Å². The standard InChI is InChI=1S/C10H8F2N2O2/c1-5-9(10(11)12)7-4-6(14(15)16)2-3-8(7)13-5/h2-4,10,13H,1H3. The monoisotopic (exact) mass is 226 g/mol. The molecule has 0 saturated carbocycles. The number of nitrogens with zero attached hydrogens (tertiary/aromatic N) is 1. The van der Waals surface area contributed by atoms with Crippen molar-refractivity contribution in [1.82, 2.24) is 4.98 Å². The summed E-state index contributed by atoms with van der Waals surface area (Å²) in [5, 5.41) is 10.8. The second-order valence-electron chi connectivity index (χ2n) is 3.45. The highest BCUT2D eigenvalue weighted by molar-refractivity contribution is 5.86. The fraction of sp³-hybridized carbons (Fsp3) is 0.200. The predicted octanol–water partition coefficient (Wildman–Crippen LogP) is 3.32. The van der Waals surface area contributed by atoms with E-state index in [1.165, 1.54) is 25.1 Å². The quantitative estimate of drug-likeness (QED) is 0.630. The summed E-state index contributed by atoms with van der Waals surface area (Å²) in [7, 11) is 0. The third-order valence-corrected chi connectivity index (χ3v) is 2.45. The molecule has 0 atom stereocenters. The van der Waals surface area contributed by atoms with Crippen molar-refractivity contribution in [2.45, 2.75) is 13.3 Å².